The number of carbonyl (C=O) groups is 2. The van der Waals surface area contributed by atoms with Crippen molar-refractivity contribution in [3.63, 3.8) is 0 Å². The molecule has 0 fully saturated rings. The van der Waals surface area contributed by atoms with Crippen LogP contribution in [0, 0.1) is 0 Å². The van der Waals surface area contributed by atoms with Crippen molar-refractivity contribution in [1.29, 1.82) is 0 Å². The molecular formula is C59H96O5. The summed E-state index contributed by atoms with van der Waals surface area (Å²) in [5.41, 5.74) is 0. The van der Waals surface area contributed by atoms with E-state index in [9.17, 15) is 9.59 Å². The first-order valence-corrected chi connectivity index (χ1v) is 26.1. The lowest BCUT2D eigenvalue weighted by Crippen LogP contribution is -2.30. The van der Waals surface area contributed by atoms with Crippen LogP contribution in [-0.4, -0.2) is 37.9 Å². The molecule has 1 unspecified atom stereocenters. The summed E-state index contributed by atoms with van der Waals surface area (Å²) in [6.45, 7) is 7.45. The minimum absolute atomic E-state index is 0.0297. The molecule has 1 atom stereocenters. The predicted molar refractivity (Wildman–Crippen MR) is 279 cm³/mol. The zero-order chi connectivity index (χ0) is 46.3. The van der Waals surface area contributed by atoms with Gasteiger partial charge in [-0.05, 0) is 116 Å². The maximum Gasteiger partial charge on any atom is 0.306 e. The highest BCUT2D eigenvalue weighted by molar-refractivity contribution is 5.70. The van der Waals surface area contributed by atoms with E-state index in [2.05, 4.69) is 136 Å². The maximum absolute atomic E-state index is 12.8. The minimum Gasteiger partial charge on any atom is -0.462 e. The van der Waals surface area contributed by atoms with Crippen LogP contribution in [0.3, 0.4) is 0 Å². The standard InChI is InChI=1S/C59H96O5/c1-4-7-10-13-16-19-22-25-27-29-30-31-32-35-37-40-43-46-49-52-58(60)63-56-57(64-59(61)53-50-47-44-41-38-34-24-21-18-15-12-9-6-3)55-62-54-51-48-45-42-39-36-33-28-26-23-20-17-14-11-8-5-2/h7,9-10,12,16,18-19,21,25-28,30-31,34-35,37-38,44,47,57H,4-6,8,11,13-15,17,20,22-24,29,32-33,36,39-43,45-46,48-56H2,1-3H3/b10-7-,12-9-,19-16-,21-18-,27-25-,28-26-,31-30-,37-35-,38-34-,47-44-. The molecule has 0 aromatic rings. The van der Waals surface area contributed by atoms with Gasteiger partial charge in [-0.3, -0.25) is 9.59 Å². The van der Waals surface area contributed by atoms with E-state index in [1.165, 1.54) is 77.0 Å². The Bertz CT molecular complexity index is 1320. The Balaban J connectivity index is 4.43. The average molecular weight is 885 g/mol. The molecule has 64 heavy (non-hydrogen) atoms. The summed E-state index contributed by atoms with van der Waals surface area (Å²) in [5.74, 6) is -0.538. The van der Waals surface area contributed by atoms with E-state index < -0.39 is 6.10 Å². The third-order valence-electron chi connectivity index (χ3n) is 10.5. The highest BCUT2D eigenvalue weighted by Crippen LogP contribution is 2.12. The molecule has 362 valence electrons. The third kappa shape index (κ3) is 50.9. The van der Waals surface area contributed by atoms with Gasteiger partial charge < -0.3 is 14.2 Å². The van der Waals surface area contributed by atoms with Gasteiger partial charge in [-0.15, -0.1) is 0 Å². The molecule has 0 saturated heterocycles. The van der Waals surface area contributed by atoms with Crippen LogP contribution in [-0.2, 0) is 23.8 Å². The number of hydrogen-bond donors (Lipinski definition) is 0. The second kappa shape index (κ2) is 53.6. The first-order valence-electron chi connectivity index (χ1n) is 26.1. The zero-order valence-corrected chi connectivity index (χ0v) is 41.5. The van der Waals surface area contributed by atoms with Gasteiger partial charge in [0.05, 0.1) is 6.61 Å². The molecule has 0 spiro atoms. The van der Waals surface area contributed by atoms with Gasteiger partial charge in [-0.2, -0.15) is 0 Å². The van der Waals surface area contributed by atoms with Gasteiger partial charge in [0.25, 0.3) is 0 Å². The van der Waals surface area contributed by atoms with Gasteiger partial charge in [0, 0.05) is 19.4 Å². The second-order valence-electron chi connectivity index (χ2n) is 16.7. The molecule has 0 aromatic carbocycles. The van der Waals surface area contributed by atoms with Crippen LogP contribution in [0.1, 0.15) is 213 Å². The van der Waals surface area contributed by atoms with E-state index in [0.717, 1.165) is 96.3 Å². The van der Waals surface area contributed by atoms with Crippen LogP contribution >= 0.6 is 0 Å². The Hall–Kier alpha value is -3.70. The fraction of sp³-hybridized carbons (Fsp3) is 0.627. The monoisotopic (exact) mass is 885 g/mol. The molecule has 0 amide bonds. The van der Waals surface area contributed by atoms with Crippen molar-refractivity contribution in [2.24, 2.45) is 0 Å². The molecular weight excluding hydrogens is 789 g/mol. The molecule has 0 bridgehead atoms. The summed E-state index contributed by atoms with van der Waals surface area (Å²) in [7, 11) is 0. The molecule has 0 saturated carbocycles. The molecule has 0 aliphatic rings. The van der Waals surface area contributed by atoms with Crippen molar-refractivity contribution in [2.45, 2.75) is 219 Å². The molecule has 5 heteroatoms. The minimum atomic E-state index is -0.599. The Morgan fingerprint density at radius 2 is 0.734 bits per heavy atom. The van der Waals surface area contributed by atoms with Crippen molar-refractivity contribution in [3.8, 4) is 0 Å². The third-order valence-corrected chi connectivity index (χ3v) is 10.5. The van der Waals surface area contributed by atoms with E-state index in [1.54, 1.807) is 0 Å². The molecule has 0 radical (unpaired) electrons. The highest BCUT2D eigenvalue weighted by Gasteiger charge is 2.17. The lowest BCUT2D eigenvalue weighted by molar-refractivity contribution is -0.162. The van der Waals surface area contributed by atoms with Crippen LogP contribution in [0.2, 0.25) is 0 Å². The topological polar surface area (TPSA) is 61.8 Å². The number of rotatable bonds is 46. The lowest BCUT2D eigenvalue weighted by Gasteiger charge is -2.18. The summed E-state index contributed by atoms with van der Waals surface area (Å²) in [6, 6.07) is 0. The van der Waals surface area contributed by atoms with E-state index >= 15 is 0 Å². The number of esters is 2. The quantitative estimate of drug-likeness (QED) is 0.0346. The SMILES string of the molecule is CC/C=C\C/C=C\C/C=C\C/C=C\C/C=C\CCCCCC(=O)OCC(COCCCCCCCC/C=C\CCCCCCCC)OC(=O)CC/C=C\C/C=C\C/C=C\C/C=C\CC. The smallest absolute Gasteiger partial charge is 0.306 e. The van der Waals surface area contributed by atoms with E-state index in [0.29, 0.717) is 19.4 Å². The van der Waals surface area contributed by atoms with Crippen molar-refractivity contribution in [1.82, 2.24) is 0 Å². The fourth-order valence-corrected chi connectivity index (χ4v) is 6.66. The number of ether oxygens (including phenoxy) is 3. The molecule has 5 nitrogen and oxygen atoms in total. The molecule has 0 N–H and O–H groups in total. The Kier molecular flexibility index (Phi) is 50.5. The van der Waals surface area contributed by atoms with Crippen LogP contribution < -0.4 is 0 Å². The second-order valence-corrected chi connectivity index (χ2v) is 16.7. The summed E-state index contributed by atoms with van der Waals surface area (Å²) >= 11 is 0. The van der Waals surface area contributed by atoms with E-state index in [-0.39, 0.29) is 31.6 Å². The molecule has 0 aliphatic carbocycles. The Morgan fingerprint density at radius 3 is 1.20 bits per heavy atom. The Morgan fingerprint density at radius 1 is 0.359 bits per heavy atom. The molecule has 0 aliphatic heterocycles. The van der Waals surface area contributed by atoms with Gasteiger partial charge >= 0.3 is 11.9 Å². The fourth-order valence-electron chi connectivity index (χ4n) is 6.66. The van der Waals surface area contributed by atoms with Crippen molar-refractivity contribution in [2.75, 3.05) is 19.8 Å². The van der Waals surface area contributed by atoms with E-state index in [4.69, 9.17) is 14.2 Å². The van der Waals surface area contributed by atoms with Crippen LogP contribution in [0.25, 0.3) is 0 Å². The zero-order valence-electron chi connectivity index (χ0n) is 41.5. The summed E-state index contributed by atoms with van der Waals surface area (Å²) in [5, 5.41) is 0. The molecule has 0 heterocycles. The number of hydrogen-bond acceptors (Lipinski definition) is 5. The summed E-state index contributed by atoms with van der Waals surface area (Å²) in [4.78, 5) is 25.4. The largest absolute Gasteiger partial charge is 0.462 e. The van der Waals surface area contributed by atoms with Crippen molar-refractivity contribution >= 4 is 11.9 Å². The molecule has 0 aromatic heterocycles. The Labute approximate surface area is 395 Å². The number of unbranched alkanes of at least 4 members (excludes halogenated alkanes) is 15. The van der Waals surface area contributed by atoms with Crippen molar-refractivity contribution in [3.05, 3.63) is 122 Å². The first-order chi connectivity index (χ1) is 31.6. The lowest BCUT2D eigenvalue weighted by atomic mass is 10.1. The summed E-state index contributed by atoms with van der Waals surface area (Å²) in [6.07, 6.45) is 75.1. The van der Waals surface area contributed by atoms with Gasteiger partial charge in [0.2, 0.25) is 0 Å². The predicted octanol–water partition coefficient (Wildman–Crippen LogP) is 17.8. The van der Waals surface area contributed by atoms with Crippen LogP contribution in [0.4, 0.5) is 0 Å². The van der Waals surface area contributed by atoms with E-state index in [1.807, 2.05) is 6.08 Å². The van der Waals surface area contributed by atoms with Crippen LogP contribution in [0.15, 0.2) is 122 Å². The number of carbonyl (C=O) groups excluding carboxylic acids is 2. The van der Waals surface area contributed by atoms with Gasteiger partial charge in [0.1, 0.15) is 6.61 Å². The number of allylic oxidation sites excluding steroid dienone is 20. The first kappa shape index (κ1) is 60.3. The normalized spacial score (nSPS) is 13.2. The van der Waals surface area contributed by atoms with Crippen LogP contribution in [0.5, 0.6) is 0 Å². The molecule has 0 rings (SSSR count). The van der Waals surface area contributed by atoms with Gasteiger partial charge in [-0.25, -0.2) is 0 Å². The average Bonchev–Trinajstić information content (AvgIpc) is 3.30. The van der Waals surface area contributed by atoms with Gasteiger partial charge in [0.15, 0.2) is 6.10 Å². The van der Waals surface area contributed by atoms with Crippen molar-refractivity contribution < 1.29 is 23.8 Å². The highest BCUT2D eigenvalue weighted by atomic mass is 16.6. The summed E-state index contributed by atoms with van der Waals surface area (Å²) < 4.78 is 17.3. The maximum atomic E-state index is 12.8. The van der Waals surface area contributed by atoms with Gasteiger partial charge in [-0.1, -0.05) is 206 Å².